The van der Waals surface area contributed by atoms with Crippen LogP contribution in [0.15, 0.2) is 40.3 Å². The Kier molecular flexibility index (Phi) is 3.37. The summed E-state index contributed by atoms with van der Waals surface area (Å²) in [5.41, 5.74) is -2.30. The minimum Gasteiger partial charge on any atom is -0.479 e. The van der Waals surface area contributed by atoms with E-state index >= 15 is 0 Å². The van der Waals surface area contributed by atoms with E-state index in [-0.39, 0.29) is 12.8 Å². The van der Waals surface area contributed by atoms with Crippen LogP contribution in [0.5, 0.6) is 0 Å². The predicted octanol–water partition coefficient (Wildman–Crippen LogP) is -0.0807. The van der Waals surface area contributed by atoms with Crippen LogP contribution in [0.2, 0.25) is 0 Å². The molecule has 0 aromatic carbocycles. The first-order valence-electron chi connectivity index (χ1n) is 5.60. The van der Waals surface area contributed by atoms with E-state index in [1.807, 2.05) is 0 Å². The highest BCUT2D eigenvalue weighted by Gasteiger charge is 2.38. The molecule has 0 saturated heterocycles. The van der Waals surface area contributed by atoms with Crippen molar-refractivity contribution in [1.82, 2.24) is 9.97 Å². The highest BCUT2D eigenvalue weighted by atomic mass is 16.5. The van der Waals surface area contributed by atoms with Crippen LogP contribution in [0, 0.1) is 0 Å². The van der Waals surface area contributed by atoms with Crippen LogP contribution in [0.25, 0.3) is 0 Å². The van der Waals surface area contributed by atoms with Crippen molar-refractivity contribution in [3.63, 3.8) is 0 Å². The lowest BCUT2D eigenvalue weighted by atomic mass is 9.94. The van der Waals surface area contributed by atoms with Crippen LogP contribution in [0.4, 0.5) is 0 Å². The molecule has 1 aliphatic heterocycles. The summed E-state index contributed by atoms with van der Waals surface area (Å²) in [7, 11) is 0. The third-order valence-corrected chi connectivity index (χ3v) is 2.86. The van der Waals surface area contributed by atoms with Crippen LogP contribution in [0.1, 0.15) is 12.0 Å². The van der Waals surface area contributed by atoms with E-state index in [0.29, 0.717) is 5.56 Å². The second-order valence-corrected chi connectivity index (χ2v) is 4.10. The van der Waals surface area contributed by atoms with Crippen LogP contribution < -0.4 is 11.2 Å². The molecule has 1 atom stereocenters. The second-order valence-electron chi connectivity index (χ2n) is 4.10. The first kappa shape index (κ1) is 12.9. The fourth-order valence-electron chi connectivity index (χ4n) is 1.77. The Hall–Kier alpha value is -2.57. The summed E-state index contributed by atoms with van der Waals surface area (Å²) in [6, 6.07) is 0. The van der Waals surface area contributed by atoms with Gasteiger partial charge in [0, 0.05) is 18.2 Å². The van der Waals surface area contributed by atoms with E-state index in [1.165, 1.54) is 18.5 Å². The van der Waals surface area contributed by atoms with Gasteiger partial charge in [0.2, 0.25) is 5.60 Å². The highest BCUT2D eigenvalue weighted by Crippen LogP contribution is 2.23. The molecule has 2 rings (SSSR count). The molecule has 0 radical (unpaired) electrons. The predicted molar refractivity (Wildman–Crippen MR) is 65.7 cm³/mol. The molecule has 1 unspecified atom stereocenters. The van der Waals surface area contributed by atoms with Crippen molar-refractivity contribution in [3.05, 3.63) is 57.1 Å². The summed E-state index contributed by atoms with van der Waals surface area (Å²) in [4.78, 5) is 38.1. The number of aliphatic carboxylic acids is 1. The number of rotatable bonds is 4. The first-order valence-corrected chi connectivity index (χ1v) is 5.60. The Bertz CT molecular complexity index is 655. The van der Waals surface area contributed by atoms with E-state index < -0.39 is 22.8 Å². The molecule has 0 aliphatic carbocycles. The Morgan fingerprint density at radius 1 is 1.37 bits per heavy atom. The van der Waals surface area contributed by atoms with Gasteiger partial charge in [0.25, 0.3) is 5.56 Å². The van der Waals surface area contributed by atoms with E-state index in [9.17, 15) is 19.5 Å². The number of carbonyl (C=O) groups is 1. The van der Waals surface area contributed by atoms with Gasteiger partial charge in [-0.15, -0.1) is 0 Å². The molecule has 3 N–H and O–H groups in total. The van der Waals surface area contributed by atoms with Gasteiger partial charge < -0.3 is 14.8 Å². The Morgan fingerprint density at radius 3 is 2.74 bits per heavy atom. The molecule has 0 bridgehead atoms. The van der Waals surface area contributed by atoms with Crippen LogP contribution in [0.3, 0.4) is 0 Å². The van der Waals surface area contributed by atoms with Crippen molar-refractivity contribution in [2.24, 2.45) is 0 Å². The molecule has 2 heterocycles. The SMILES string of the molecule is O=C(O)C1(CCc2c[nH]c(=O)[nH]c2=O)C=CC=CO1. The third kappa shape index (κ3) is 2.65. The lowest BCUT2D eigenvalue weighted by Crippen LogP contribution is -2.40. The molecule has 1 aromatic heterocycles. The van der Waals surface area contributed by atoms with E-state index in [0.717, 1.165) is 0 Å². The van der Waals surface area contributed by atoms with Gasteiger partial charge in [-0.25, -0.2) is 9.59 Å². The molecular weight excluding hydrogens is 252 g/mol. The summed E-state index contributed by atoms with van der Waals surface area (Å²) in [5.74, 6) is -1.13. The average Bonchev–Trinajstić information content (AvgIpc) is 2.38. The highest BCUT2D eigenvalue weighted by molar-refractivity contribution is 5.80. The van der Waals surface area contributed by atoms with Gasteiger partial charge in [0.1, 0.15) is 0 Å². The maximum Gasteiger partial charge on any atom is 0.352 e. The number of carboxylic acid groups (broad SMARTS) is 1. The normalized spacial score (nSPS) is 21.1. The molecule has 0 amide bonds. The van der Waals surface area contributed by atoms with E-state index in [4.69, 9.17) is 4.74 Å². The van der Waals surface area contributed by atoms with Crippen molar-refractivity contribution in [2.75, 3.05) is 0 Å². The quantitative estimate of drug-likeness (QED) is 0.704. The number of aryl methyl sites for hydroxylation is 1. The van der Waals surface area contributed by atoms with Gasteiger partial charge in [0.15, 0.2) is 0 Å². The lowest BCUT2D eigenvalue weighted by Gasteiger charge is -2.26. The van der Waals surface area contributed by atoms with Gasteiger partial charge in [-0.05, 0) is 18.6 Å². The lowest BCUT2D eigenvalue weighted by molar-refractivity contribution is -0.154. The maximum absolute atomic E-state index is 11.5. The number of H-pyrrole nitrogens is 2. The third-order valence-electron chi connectivity index (χ3n) is 2.86. The topological polar surface area (TPSA) is 112 Å². The van der Waals surface area contributed by atoms with Gasteiger partial charge in [-0.1, -0.05) is 6.08 Å². The van der Waals surface area contributed by atoms with Gasteiger partial charge in [-0.2, -0.15) is 0 Å². The molecular formula is C12H12N2O5. The number of aromatic amines is 2. The summed E-state index contributed by atoms with van der Waals surface area (Å²) in [5, 5.41) is 9.23. The summed E-state index contributed by atoms with van der Waals surface area (Å²) in [6.07, 6.45) is 7.40. The van der Waals surface area contributed by atoms with Crippen molar-refractivity contribution in [1.29, 1.82) is 0 Å². The van der Waals surface area contributed by atoms with Gasteiger partial charge >= 0.3 is 11.7 Å². The molecule has 0 saturated carbocycles. The number of ether oxygens (including phenoxy) is 1. The van der Waals surface area contributed by atoms with Crippen molar-refractivity contribution in [2.45, 2.75) is 18.4 Å². The van der Waals surface area contributed by atoms with Crippen LogP contribution in [-0.4, -0.2) is 26.6 Å². The maximum atomic E-state index is 11.5. The van der Waals surface area contributed by atoms with Crippen molar-refractivity contribution < 1.29 is 14.6 Å². The zero-order chi connectivity index (χ0) is 13.9. The Labute approximate surface area is 107 Å². The first-order chi connectivity index (χ1) is 9.03. The number of nitrogens with one attached hydrogen (secondary N) is 2. The number of aromatic nitrogens is 2. The Balaban J connectivity index is 2.18. The van der Waals surface area contributed by atoms with Gasteiger partial charge in [0.05, 0.1) is 6.26 Å². The number of hydrogen-bond donors (Lipinski definition) is 3. The zero-order valence-electron chi connectivity index (χ0n) is 9.88. The number of hydrogen-bond acceptors (Lipinski definition) is 4. The van der Waals surface area contributed by atoms with Crippen LogP contribution in [-0.2, 0) is 16.0 Å². The molecule has 7 heteroatoms. The zero-order valence-corrected chi connectivity index (χ0v) is 9.88. The molecule has 1 aromatic rings. The largest absolute Gasteiger partial charge is 0.479 e. The molecule has 1 aliphatic rings. The Morgan fingerprint density at radius 2 is 2.16 bits per heavy atom. The van der Waals surface area contributed by atoms with E-state index in [1.54, 1.807) is 12.2 Å². The van der Waals surface area contributed by atoms with Crippen LogP contribution >= 0.6 is 0 Å². The fraction of sp³-hybridized carbons (Fsp3) is 0.250. The molecule has 0 fully saturated rings. The smallest absolute Gasteiger partial charge is 0.352 e. The minimum atomic E-state index is -1.47. The molecule has 0 spiro atoms. The number of carboxylic acids is 1. The number of allylic oxidation sites excluding steroid dienone is 2. The van der Waals surface area contributed by atoms with Crippen molar-refractivity contribution in [3.8, 4) is 0 Å². The minimum absolute atomic E-state index is 0.0816. The van der Waals surface area contributed by atoms with Gasteiger partial charge in [-0.3, -0.25) is 9.78 Å². The summed E-state index contributed by atoms with van der Waals surface area (Å²) < 4.78 is 5.16. The molecule has 7 nitrogen and oxygen atoms in total. The molecule has 100 valence electrons. The van der Waals surface area contributed by atoms with Crippen molar-refractivity contribution >= 4 is 5.97 Å². The van der Waals surface area contributed by atoms with E-state index in [2.05, 4.69) is 9.97 Å². The fourth-order valence-corrected chi connectivity index (χ4v) is 1.77. The average molecular weight is 264 g/mol. The summed E-state index contributed by atoms with van der Waals surface area (Å²) in [6.45, 7) is 0. The molecule has 19 heavy (non-hydrogen) atoms. The monoisotopic (exact) mass is 264 g/mol. The standard InChI is InChI=1S/C12H12N2O5/c15-9-8(7-13-11(18)14-9)3-5-12(10(16)17)4-1-2-6-19-12/h1-2,4,6-7H,3,5H2,(H,16,17)(H2,13,14,15,18). The second kappa shape index (κ2) is 4.97. The summed E-state index contributed by atoms with van der Waals surface area (Å²) >= 11 is 0.